The standard InChI is InChI=1S/C41H62O2/c1-10-27(5)33-25-32(16-15-30(33)11-2)43-39(42)31-19-21-41(9)37-20-22-40(8)35(28(6)14-12-13-26(3)4)17-18-36(40)34(37)23-29(7)38(41)24-31/h11,15-16,25-26,28-29,31,34-38H,2,5,10,12-14,17-24H2,1,3-4,6-9H3. The number of ether oxygens (including phenoxy) is 1. The molecule has 0 N–H and O–H groups in total. The summed E-state index contributed by atoms with van der Waals surface area (Å²) in [5.74, 6) is 7.12. The average molecular weight is 587 g/mol. The Bertz CT molecular complexity index is 1180. The van der Waals surface area contributed by atoms with Gasteiger partial charge in [-0.3, -0.25) is 4.79 Å². The van der Waals surface area contributed by atoms with Crippen LogP contribution in [0.5, 0.6) is 5.75 Å². The maximum Gasteiger partial charge on any atom is 0.314 e. The summed E-state index contributed by atoms with van der Waals surface area (Å²) >= 11 is 0. The van der Waals surface area contributed by atoms with Gasteiger partial charge in [0.05, 0.1) is 5.92 Å². The van der Waals surface area contributed by atoms with Crippen molar-refractivity contribution >= 4 is 17.6 Å². The fourth-order valence-corrected chi connectivity index (χ4v) is 11.4. The van der Waals surface area contributed by atoms with Crippen LogP contribution in [0.25, 0.3) is 11.6 Å². The number of fused-ring (bicyclic) bond motifs is 5. The monoisotopic (exact) mass is 586 g/mol. The second-order valence-corrected chi connectivity index (χ2v) is 16.5. The van der Waals surface area contributed by atoms with Crippen molar-refractivity contribution in [2.45, 2.75) is 126 Å². The van der Waals surface area contributed by atoms with E-state index in [0.717, 1.165) is 71.5 Å². The van der Waals surface area contributed by atoms with E-state index in [9.17, 15) is 4.79 Å². The zero-order valence-electron chi connectivity index (χ0n) is 28.7. The Kier molecular flexibility index (Phi) is 9.75. The summed E-state index contributed by atoms with van der Waals surface area (Å²) in [7, 11) is 0. The summed E-state index contributed by atoms with van der Waals surface area (Å²) in [6.07, 6.45) is 17.2. The van der Waals surface area contributed by atoms with E-state index in [1.54, 1.807) is 0 Å². The van der Waals surface area contributed by atoms with E-state index < -0.39 is 0 Å². The van der Waals surface area contributed by atoms with Gasteiger partial charge in [0.25, 0.3) is 0 Å². The van der Waals surface area contributed by atoms with Crippen LogP contribution in [0.15, 0.2) is 31.4 Å². The van der Waals surface area contributed by atoms with Crippen molar-refractivity contribution in [2.75, 3.05) is 0 Å². The SMILES string of the molecule is C=Cc1ccc(OC(=O)C2CCC3(C)C(C2)C(C)CC2C4CCC(C(C)CCCC(C)C)C4(C)CCC23)cc1C(=C)CC. The van der Waals surface area contributed by atoms with Crippen LogP contribution in [0.3, 0.4) is 0 Å². The summed E-state index contributed by atoms with van der Waals surface area (Å²) < 4.78 is 6.07. The van der Waals surface area contributed by atoms with E-state index in [2.05, 4.69) is 61.6 Å². The molecular formula is C41H62O2. The Morgan fingerprint density at radius 3 is 2.42 bits per heavy atom. The maximum atomic E-state index is 13.6. The lowest BCUT2D eigenvalue weighted by Crippen LogP contribution is -2.56. The largest absolute Gasteiger partial charge is 0.426 e. The first-order chi connectivity index (χ1) is 20.4. The highest BCUT2D eigenvalue weighted by atomic mass is 16.5. The Morgan fingerprint density at radius 2 is 1.72 bits per heavy atom. The second-order valence-electron chi connectivity index (χ2n) is 16.5. The smallest absolute Gasteiger partial charge is 0.314 e. The Labute approximate surface area is 264 Å². The molecule has 0 heterocycles. The van der Waals surface area contributed by atoms with E-state index in [-0.39, 0.29) is 11.9 Å². The molecule has 43 heavy (non-hydrogen) atoms. The van der Waals surface area contributed by atoms with Gasteiger partial charge in [-0.2, -0.15) is 0 Å². The molecular weight excluding hydrogens is 524 g/mol. The number of esters is 1. The summed E-state index contributed by atoms with van der Waals surface area (Å²) in [6.45, 7) is 25.5. The van der Waals surface area contributed by atoms with Gasteiger partial charge in [-0.15, -0.1) is 0 Å². The first-order valence-electron chi connectivity index (χ1n) is 18.1. The maximum absolute atomic E-state index is 13.6. The average Bonchev–Trinajstić information content (AvgIpc) is 3.34. The zero-order valence-corrected chi connectivity index (χ0v) is 28.7. The molecule has 0 saturated heterocycles. The van der Waals surface area contributed by atoms with Crippen LogP contribution in [-0.4, -0.2) is 5.97 Å². The molecule has 4 aliphatic rings. The van der Waals surface area contributed by atoms with Crippen LogP contribution >= 0.6 is 0 Å². The third-order valence-electron chi connectivity index (χ3n) is 13.8. The molecule has 4 aliphatic carbocycles. The minimum atomic E-state index is -0.0305. The van der Waals surface area contributed by atoms with Crippen LogP contribution in [0.1, 0.15) is 137 Å². The second kappa shape index (κ2) is 12.9. The van der Waals surface area contributed by atoms with Gasteiger partial charge in [-0.1, -0.05) is 93.0 Å². The molecule has 1 aromatic carbocycles. The number of benzene rings is 1. The van der Waals surface area contributed by atoms with Crippen LogP contribution < -0.4 is 4.74 Å². The molecule has 0 radical (unpaired) electrons. The molecule has 2 heteroatoms. The molecule has 238 valence electrons. The molecule has 4 saturated carbocycles. The first-order valence-corrected chi connectivity index (χ1v) is 18.1. The molecule has 4 fully saturated rings. The minimum Gasteiger partial charge on any atom is -0.426 e. The van der Waals surface area contributed by atoms with Gasteiger partial charge in [0.15, 0.2) is 0 Å². The van der Waals surface area contributed by atoms with Crippen molar-refractivity contribution in [3.05, 3.63) is 42.5 Å². The van der Waals surface area contributed by atoms with E-state index in [1.807, 2.05) is 24.3 Å². The first kappa shape index (κ1) is 32.6. The Morgan fingerprint density at radius 1 is 1.00 bits per heavy atom. The molecule has 0 spiro atoms. The summed E-state index contributed by atoms with van der Waals surface area (Å²) in [5, 5.41) is 0. The Balaban J connectivity index is 1.26. The predicted molar refractivity (Wildman–Crippen MR) is 183 cm³/mol. The van der Waals surface area contributed by atoms with Crippen molar-refractivity contribution in [1.82, 2.24) is 0 Å². The van der Waals surface area contributed by atoms with Gasteiger partial charge in [0.2, 0.25) is 0 Å². The topological polar surface area (TPSA) is 26.3 Å². The fraction of sp³-hybridized carbons (Fsp3) is 0.732. The van der Waals surface area contributed by atoms with Crippen molar-refractivity contribution in [3.8, 4) is 5.75 Å². The van der Waals surface area contributed by atoms with E-state index in [1.165, 1.54) is 57.8 Å². The highest BCUT2D eigenvalue weighted by molar-refractivity contribution is 5.78. The number of allylic oxidation sites excluding steroid dienone is 1. The van der Waals surface area contributed by atoms with E-state index in [0.29, 0.717) is 28.4 Å². The van der Waals surface area contributed by atoms with Crippen molar-refractivity contribution in [3.63, 3.8) is 0 Å². The van der Waals surface area contributed by atoms with Gasteiger partial charge in [-0.25, -0.2) is 0 Å². The van der Waals surface area contributed by atoms with Crippen LogP contribution in [0.4, 0.5) is 0 Å². The van der Waals surface area contributed by atoms with Gasteiger partial charge in [-0.05, 0) is 145 Å². The summed E-state index contributed by atoms with van der Waals surface area (Å²) in [5.41, 5.74) is 4.02. The predicted octanol–water partition coefficient (Wildman–Crippen LogP) is 11.6. The lowest BCUT2D eigenvalue weighted by atomic mass is 9.42. The van der Waals surface area contributed by atoms with E-state index >= 15 is 0 Å². The Hall–Kier alpha value is -1.83. The lowest BCUT2D eigenvalue weighted by Gasteiger charge is -2.63. The molecule has 10 unspecified atom stereocenters. The summed E-state index contributed by atoms with van der Waals surface area (Å²) in [4.78, 5) is 13.6. The number of hydrogen-bond acceptors (Lipinski definition) is 2. The molecule has 0 amide bonds. The van der Waals surface area contributed by atoms with Crippen molar-refractivity contribution < 1.29 is 9.53 Å². The van der Waals surface area contributed by atoms with Gasteiger partial charge in [0.1, 0.15) is 5.75 Å². The van der Waals surface area contributed by atoms with Crippen LogP contribution in [0, 0.1) is 64.1 Å². The third kappa shape index (κ3) is 6.07. The lowest BCUT2D eigenvalue weighted by molar-refractivity contribution is -0.157. The molecule has 10 atom stereocenters. The quantitative estimate of drug-likeness (QED) is 0.201. The molecule has 1 aromatic rings. The number of rotatable bonds is 10. The fourth-order valence-electron chi connectivity index (χ4n) is 11.4. The molecule has 5 rings (SSSR count). The molecule has 0 bridgehead atoms. The number of carbonyl (C=O) groups is 1. The van der Waals surface area contributed by atoms with Crippen LogP contribution in [0.2, 0.25) is 0 Å². The highest BCUT2D eigenvalue weighted by Crippen LogP contribution is 2.69. The normalized spacial score (nSPS) is 37.6. The molecule has 0 aliphatic heterocycles. The zero-order chi connectivity index (χ0) is 31.1. The molecule has 0 aromatic heterocycles. The molecule has 2 nitrogen and oxygen atoms in total. The van der Waals surface area contributed by atoms with Gasteiger partial charge in [0, 0.05) is 0 Å². The van der Waals surface area contributed by atoms with E-state index in [4.69, 9.17) is 4.74 Å². The number of hydrogen-bond donors (Lipinski definition) is 0. The van der Waals surface area contributed by atoms with Gasteiger partial charge >= 0.3 is 5.97 Å². The highest BCUT2D eigenvalue weighted by Gasteiger charge is 2.62. The van der Waals surface area contributed by atoms with Crippen molar-refractivity contribution in [1.29, 1.82) is 0 Å². The van der Waals surface area contributed by atoms with Gasteiger partial charge < -0.3 is 4.74 Å². The summed E-state index contributed by atoms with van der Waals surface area (Å²) in [6, 6.07) is 5.91. The third-order valence-corrected chi connectivity index (χ3v) is 13.8. The minimum absolute atomic E-state index is 0.00499. The number of carbonyl (C=O) groups excluding carboxylic acids is 1. The van der Waals surface area contributed by atoms with Crippen LogP contribution in [-0.2, 0) is 4.79 Å². The van der Waals surface area contributed by atoms with Crippen molar-refractivity contribution in [2.24, 2.45) is 64.1 Å².